The second-order valence-electron chi connectivity index (χ2n) is 16.1. The van der Waals surface area contributed by atoms with Crippen molar-refractivity contribution >= 4 is 45.2 Å². The van der Waals surface area contributed by atoms with Crippen molar-refractivity contribution in [2.24, 2.45) is 0 Å². The van der Waals surface area contributed by atoms with Gasteiger partial charge in [0.2, 0.25) is 5.91 Å². The first-order valence-electron chi connectivity index (χ1n) is 19.6. The molecule has 5 atom stereocenters. The summed E-state index contributed by atoms with van der Waals surface area (Å²) < 4.78 is 59.4. The van der Waals surface area contributed by atoms with Gasteiger partial charge in [0.1, 0.15) is 47.3 Å². The first-order chi connectivity index (χ1) is 28.9. The molecule has 2 aliphatic rings. The normalized spacial score (nSPS) is 20.4. The molecule has 5 unspecified atom stereocenters. The molecule has 0 saturated carbocycles. The molecule has 5 aromatic rings. The smallest absolute Gasteiger partial charge is 0.408 e. The standard InChI is InChI=1S/C42H48N8O10S/c1-40(2,3)60-39(53)47-29(21-22-31(51)48-42(26-15-9-6-10-16-26,27-17-11-7-12-18-27)28-19-13-8-14-20-28)37(52)49-61(54,55)56-23-30-33-34(59-41(4,5)58-33)38(57-30)50-25-46-32-35(43)44-24-45-36(32)50/h6-20,24-25,29-30,33-34,38H,21-23H2,1-5H3,(H,47,53)(H,48,51)(H,49,52)(H2,43,44,45). The summed E-state index contributed by atoms with van der Waals surface area (Å²) in [5, 5.41) is 5.63. The highest BCUT2D eigenvalue weighted by Crippen LogP contribution is 2.44. The number of carbonyl (C=O) groups is 3. The van der Waals surface area contributed by atoms with Crippen molar-refractivity contribution in [2.45, 2.75) is 95.0 Å². The van der Waals surface area contributed by atoms with Crippen LogP contribution in [0.25, 0.3) is 11.2 Å². The third kappa shape index (κ3) is 9.66. The zero-order chi connectivity index (χ0) is 43.6. The summed E-state index contributed by atoms with van der Waals surface area (Å²) in [6.07, 6.45) is -2.37. The van der Waals surface area contributed by atoms with Crippen molar-refractivity contribution in [3.05, 3.63) is 120 Å². The molecule has 0 aliphatic carbocycles. The van der Waals surface area contributed by atoms with Crippen molar-refractivity contribution in [1.29, 1.82) is 0 Å². The highest BCUT2D eigenvalue weighted by Gasteiger charge is 2.56. The number of fused-ring (bicyclic) bond motifs is 2. The molecule has 0 radical (unpaired) electrons. The van der Waals surface area contributed by atoms with E-state index in [1.54, 1.807) is 39.2 Å². The molecular formula is C42H48N8O10S. The summed E-state index contributed by atoms with van der Waals surface area (Å²) in [7, 11) is -4.85. The first kappa shape index (κ1) is 43.1. The van der Waals surface area contributed by atoms with E-state index in [0.29, 0.717) is 11.2 Å². The van der Waals surface area contributed by atoms with Crippen LogP contribution in [0.2, 0.25) is 0 Å². The Morgan fingerprint density at radius 3 is 2.02 bits per heavy atom. The van der Waals surface area contributed by atoms with Gasteiger partial charge in [-0.05, 0) is 57.7 Å². The van der Waals surface area contributed by atoms with E-state index in [0.717, 1.165) is 16.7 Å². The number of alkyl carbamates (subject to hydrolysis) is 1. The lowest BCUT2D eigenvalue weighted by atomic mass is 9.77. The van der Waals surface area contributed by atoms with E-state index >= 15 is 0 Å². The first-order valence-corrected chi connectivity index (χ1v) is 21.0. The minimum absolute atomic E-state index is 0.156. The van der Waals surface area contributed by atoms with Crippen LogP contribution in [0.5, 0.6) is 0 Å². The Morgan fingerprint density at radius 2 is 1.44 bits per heavy atom. The molecule has 0 bridgehead atoms. The molecule has 3 aromatic carbocycles. The van der Waals surface area contributed by atoms with Crippen LogP contribution in [-0.4, -0.2) is 88.2 Å². The van der Waals surface area contributed by atoms with Gasteiger partial charge in [-0.25, -0.2) is 24.5 Å². The number of aromatic nitrogens is 4. The maximum Gasteiger partial charge on any atom is 0.408 e. The number of nitrogen functional groups attached to an aromatic ring is 1. The zero-order valence-electron chi connectivity index (χ0n) is 34.2. The second kappa shape index (κ2) is 17.2. The Hall–Kier alpha value is -5.99. The number of imidazole rings is 1. The molecule has 4 heterocycles. The van der Waals surface area contributed by atoms with E-state index in [4.69, 9.17) is 28.9 Å². The van der Waals surface area contributed by atoms with Crippen LogP contribution in [0.4, 0.5) is 10.6 Å². The number of anilines is 1. The Balaban J connectivity index is 1.07. The van der Waals surface area contributed by atoms with Crippen LogP contribution in [-0.2, 0) is 48.6 Å². The van der Waals surface area contributed by atoms with Crippen LogP contribution in [0, 0.1) is 0 Å². The lowest BCUT2D eigenvalue weighted by Gasteiger charge is -2.37. The van der Waals surface area contributed by atoms with E-state index in [2.05, 4.69) is 25.6 Å². The van der Waals surface area contributed by atoms with E-state index in [9.17, 15) is 22.8 Å². The van der Waals surface area contributed by atoms with Crippen LogP contribution in [0.15, 0.2) is 104 Å². The largest absolute Gasteiger partial charge is 0.444 e. The summed E-state index contributed by atoms with van der Waals surface area (Å²) in [4.78, 5) is 53.4. The topological polar surface area (TPSA) is 237 Å². The molecule has 7 rings (SSSR count). The number of hydrogen-bond donors (Lipinski definition) is 4. The van der Waals surface area contributed by atoms with E-state index in [-0.39, 0.29) is 18.7 Å². The molecule has 2 saturated heterocycles. The molecule has 61 heavy (non-hydrogen) atoms. The average molecular weight is 857 g/mol. The number of ether oxygens (including phenoxy) is 4. The lowest BCUT2D eigenvalue weighted by molar-refractivity contribution is -0.198. The molecule has 19 heteroatoms. The second-order valence-corrected chi connectivity index (χ2v) is 17.4. The number of carbonyl (C=O) groups excluding carboxylic acids is 3. The quantitative estimate of drug-likeness (QED) is 0.116. The fourth-order valence-electron chi connectivity index (χ4n) is 7.50. The molecule has 2 aliphatic heterocycles. The molecule has 322 valence electrons. The summed E-state index contributed by atoms with van der Waals surface area (Å²) in [5.41, 5.74) is 6.85. The summed E-state index contributed by atoms with van der Waals surface area (Å²) in [5.74, 6) is -2.58. The predicted octanol–water partition coefficient (Wildman–Crippen LogP) is 3.99. The number of amides is 3. The Bertz CT molecular complexity index is 2370. The lowest BCUT2D eigenvalue weighted by Crippen LogP contribution is -2.51. The van der Waals surface area contributed by atoms with Crippen LogP contribution < -0.4 is 21.1 Å². The molecule has 2 fully saturated rings. The summed E-state index contributed by atoms with van der Waals surface area (Å²) in [6, 6.07) is 26.7. The van der Waals surface area contributed by atoms with Crippen molar-refractivity contribution in [1.82, 2.24) is 34.9 Å². The van der Waals surface area contributed by atoms with Gasteiger partial charge in [-0.3, -0.25) is 18.3 Å². The Morgan fingerprint density at radius 1 is 0.869 bits per heavy atom. The fraction of sp³-hybridized carbons (Fsp3) is 0.381. The maximum atomic E-state index is 14.1. The average Bonchev–Trinajstić information content (AvgIpc) is 3.89. The number of nitrogens with zero attached hydrogens (tertiary/aromatic N) is 4. The highest BCUT2D eigenvalue weighted by molar-refractivity contribution is 7.85. The molecule has 5 N–H and O–H groups in total. The van der Waals surface area contributed by atoms with E-state index in [1.165, 1.54) is 12.7 Å². The van der Waals surface area contributed by atoms with Gasteiger partial charge in [0.25, 0.3) is 5.91 Å². The third-order valence-electron chi connectivity index (χ3n) is 10.0. The monoisotopic (exact) mass is 856 g/mol. The Kier molecular flexibility index (Phi) is 12.1. The van der Waals surface area contributed by atoms with Crippen molar-refractivity contribution < 1.29 is 45.9 Å². The number of nitrogens with two attached hydrogens (primary N) is 1. The van der Waals surface area contributed by atoms with Gasteiger partial charge in [-0.15, -0.1) is 0 Å². The van der Waals surface area contributed by atoms with E-state index < -0.39 is 82.3 Å². The van der Waals surface area contributed by atoms with Crippen LogP contribution >= 0.6 is 0 Å². The third-order valence-corrected chi connectivity index (χ3v) is 10.9. The number of rotatable bonds is 14. The van der Waals surface area contributed by atoms with Gasteiger partial charge in [-0.1, -0.05) is 91.0 Å². The minimum atomic E-state index is -4.85. The Labute approximate surface area is 352 Å². The van der Waals surface area contributed by atoms with Crippen LogP contribution in [0.1, 0.15) is 70.4 Å². The molecule has 18 nitrogen and oxygen atoms in total. The SMILES string of the molecule is CC(C)(C)OC(=O)NC(CCC(=O)NC(c1ccccc1)(c1ccccc1)c1ccccc1)C(=O)NS(=O)(=O)OCC1OC(n2cnc3c(N)ncnc32)C2OC(C)(C)OC12. The number of nitrogens with one attached hydrogen (secondary N) is 3. The molecule has 2 aromatic heterocycles. The van der Waals surface area contributed by atoms with Crippen LogP contribution in [0.3, 0.4) is 0 Å². The van der Waals surface area contributed by atoms with Crippen molar-refractivity contribution in [3.63, 3.8) is 0 Å². The van der Waals surface area contributed by atoms with Gasteiger partial charge < -0.3 is 35.3 Å². The number of hydrogen-bond acceptors (Lipinski definition) is 14. The van der Waals surface area contributed by atoms with Gasteiger partial charge in [0.05, 0.1) is 12.9 Å². The van der Waals surface area contributed by atoms with Gasteiger partial charge >= 0.3 is 16.4 Å². The van der Waals surface area contributed by atoms with E-state index in [1.807, 2.05) is 95.7 Å². The van der Waals surface area contributed by atoms with Gasteiger partial charge in [0.15, 0.2) is 23.5 Å². The summed E-state index contributed by atoms with van der Waals surface area (Å²) >= 11 is 0. The fourth-order valence-corrected chi connectivity index (χ4v) is 8.26. The maximum absolute atomic E-state index is 14.1. The zero-order valence-corrected chi connectivity index (χ0v) is 35.0. The molecular weight excluding hydrogens is 809 g/mol. The highest BCUT2D eigenvalue weighted by atomic mass is 32.2. The minimum Gasteiger partial charge on any atom is -0.444 e. The number of benzene rings is 3. The van der Waals surface area contributed by atoms with Gasteiger partial charge in [0, 0.05) is 6.42 Å². The summed E-state index contributed by atoms with van der Waals surface area (Å²) in [6.45, 7) is 7.68. The van der Waals surface area contributed by atoms with Crippen molar-refractivity contribution in [3.8, 4) is 0 Å². The molecule has 3 amide bonds. The predicted molar refractivity (Wildman–Crippen MR) is 220 cm³/mol. The molecule has 0 spiro atoms. The van der Waals surface area contributed by atoms with Gasteiger partial charge in [-0.2, -0.15) is 8.42 Å². The van der Waals surface area contributed by atoms with Crippen molar-refractivity contribution in [2.75, 3.05) is 12.3 Å².